The minimum absolute atomic E-state index is 0.0700. The Morgan fingerprint density at radius 3 is 2.80 bits per heavy atom. The zero-order valence-corrected chi connectivity index (χ0v) is 8.98. The normalized spacial score (nSPS) is 35.6. The fourth-order valence-corrected chi connectivity index (χ4v) is 2.42. The van der Waals surface area contributed by atoms with Crippen LogP contribution in [0, 0.1) is 5.92 Å². The minimum atomic E-state index is -2.45. The summed E-state index contributed by atoms with van der Waals surface area (Å²) in [6, 6.07) is 0.294. The number of ether oxygens (including phenoxy) is 1. The molecule has 1 aliphatic carbocycles. The quantitative estimate of drug-likeness (QED) is 0.785. The summed E-state index contributed by atoms with van der Waals surface area (Å²) in [5, 5.41) is 3.20. The van der Waals surface area contributed by atoms with Crippen molar-refractivity contribution in [3.63, 3.8) is 0 Å². The SMILES string of the molecule is FC1(F)CCCC[C@H]1CN[C@@H]1CCOC1. The molecule has 2 atom stereocenters. The van der Waals surface area contributed by atoms with Crippen LogP contribution in [0.3, 0.4) is 0 Å². The first-order valence-corrected chi connectivity index (χ1v) is 5.87. The standard InChI is InChI=1S/C11H19F2NO/c12-11(13)5-2-1-3-9(11)7-14-10-4-6-15-8-10/h9-10,14H,1-8H2/t9-,10+/m0/s1. The molecule has 1 heterocycles. The molecule has 1 aliphatic heterocycles. The lowest BCUT2D eigenvalue weighted by Crippen LogP contribution is -2.42. The van der Waals surface area contributed by atoms with E-state index in [1.807, 2.05) is 0 Å². The number of hydrogen-bond acceptors (Lipinski definition) is 2. The smallest absolute Gasteiger partial charge is 0.252 e. The summed E-state index contributed by atoms with van der Waals surface area (Å²) in [5.74, 6) is -2.92. The van der Waals surface area contributed by atoms with Gasteiger partial charge in [0.15, 0.2) is 0 Å². The maximum atomic E-state index is 13.5. The first-order chi connectivity index (χ1) is 7.18. The summed E-state index contributed by atoms with van der Waals surface area (Å²) < 4.78 is 32.1. The molecule has 4 heteroatoms. The largest absolute Gasteiger partial charge is 0.380 e. The zero-order chi connectivity index (χ0) is 10.7. The fourth-order valence-electron chi connectivity index (χ4n) is 2.42. The molecule has 88 valence electrons. The van der Waals surface area contributed by atoms with Crippen molar-refractivity contribution in [1.29, 1.82) is 0 Å². The molecule has 0 aromatic rings. The van der Waals surface area contributed by atoms with Gasteiger partial charge in [-0.2, -0.15) is 0 Å². The minimum Gasteiger partial charge on any atom is -0.380 e. The molecule has 15 heavy (non-hydrogen) atoms. The highest BCUT2D eigenvalue weighted by Crippen LogP contribution is 2.37. The van der Waals surface area contributed by atoms with Gasteiger partial charge in [-0.3, -0.25) is 0 Å². The molecule has 1 saturated heterocycles. The Labute approximate surface area is 89.4 Å². The van der Waals surface area contributed by atoms with Crippen LogP contribution in [-0.4, -0.2) is 31.7 Å². The molecular formula is C11H19F2NO. The Balaban J connectivity index is 1.76. The van der Waals surface area contributed by atoms with Crippen molar-refractivity contribution in [2.75, 3.05) is 19.8 Å². The van der Waals surface area contributed by atoms with Crippen molar-refractivity contribution in [2.45, 2.75) is 44.1 Å². The molecule has 0 aromatic carbocycles. The molecule has 1 N–H and O–H groups in total. The third-order valence-corrected chi connectivity index (χ3v) is 3.49. The summed E-state index contributed by atoms with van der Waals surface area (Å²) in [6.45, 7) is 1.89. The lowest BCUT2D eigenvalue weighted by atomic mass is 9.85. The van der Waals surface area contributed by atoms with Gasteiger partial charge in [-0.05, 0) is 19.3 Å². The molecule has 2 fully saturated rings. The van der Waals surface area contributed by atoms with Crippen LogP contribution in [0.2, 0.25) is 0 Å². The van der Waals surface area contributed by atoms with Gasteiger partial charge < -0.3 is 10.1 Å². The van der Waals surface area contributed by atoms with E-state index in [4.69, 9.17) is 4.74 Å². The Morgan fingerprint density at radius 2 is 2.13 bits per heavy atom. The van der Waals surface area contributed by atoms with Gasteiger partial charge in [-0.1, -0.05) is 6.42 Å². The van der Waals surface area contributed by atoms with Crippen LogP contribution in [0.15, 0.2) is 0 Å². The van der Waals surface area contributed by atoms with Crippen LogP contribution in [0.1, 0.15) is 32.1 Å². The Hall–Kier alpha value is -0.220. The van der Waals surface area contributed by atoms with Crippen molar-refractivity contribution in [1.82, 2.24) is 5.32 Å². The van der Waals surface area contributed by atoms with Crippen LogP contribution in [0.25, 0.3) is 0 Å². The molecule has 0 bridgehead atoms. The summed E-state index contributed by atoms with van der Waals surface area (Å²) in [5.41, 5.74) is 0. The number of rotatable bonds is 3. The molecule has 0 spiro atoms. The highest BCUT2D eigenvalue weighted by atomic mass is 19.3. The zero-order valence-electron chi connectivity index (χ0n) is 8.98. The second-order valence-corrected chi connectivity index (χ2v) is 4.67. The van der Waals surface area contributed by atoms with E-state index in [-0.39, 0.29) is 6.42 Å². The summed E-state index contributed by atoms with van der Waals surface area (Å²) >= 11 is 0. The van der Waals surface area contributed by atoms with E-state index in [0.717, 1.165) is 19.4 Å². The van der Waals surface area contributed by atoms with Crippen molar-refractivity contribution >= 4 is 0 Å². The lowest BCUT2D eigenvalue weighted by Gasteiger charge is -2.32. The average molecular weight is 219 g/mol. The average Bonchev–Trinajstić information content (AvgIpc) is 2.68. The maximum Gasteiger partial charge on any atom is 0.252 e. The summed E-state index contributed by atoms with van der Waals surface area (Å²) in [6.07, 6.45) is 3.31. The molecule has 0 radical (unpaired) electrons. The number of alkyl halides is 2. The number of nitrogens with one attached hydrogen (secondary N) is 1. The predicted molar refractivity (Wildman–Crippen MR) is 54.1 cm³/mol. The van der Waals surface area contributed by atoms with Gasteiger partial charge in [0.2, 0.25) is 0 Å². The van der Waals surface area contributed by atoms with Crippen molar-refractivity contribution in [3.8, 4) is 0 Å². The molecule has 1 saturated carbocycles. The molecule has 2 nitrogen and oxygen atoms in total. The van der Waals surface area contributed by atoms with Gasteiger partial charge in [0.05, 0.1) is 6.61 Å². The van der Waals surface area contributed by atoms with E-state index in [1.54, 1.807) is 0 Å². The van der Waals surface area contributed by atoms with Gasteiger partial charge >= 0.3 is 0 Å². The topological polar surface area (TPSA) is 21.3 Å². The van der Waals surface area contributed by atoms with Gasteiger partial charge in [0.25, 0.3) is 5.92 Å². The lowest BCUT2D eigenvalue weighted by molar-refractivity contribution is -0.0849. The van der Waals surface area contributed by atoms with E-state index < -0.39 is 11.8 Å². The summed E-state index contributed by atoms with van der Waals surface area (Å²) in [7, 11) is 0. The van der Waals surface area contributed by atoms with Gasteiger partial charge in [0.1, 0.15) is 0 Å². The molecular weight excluding hydrogens is 200 g/mol. The highest BCUT2D eigenvalue weighted by molar-refractivity contribution is 4.84. The molecule has 2 rings (SSSR count). The van der Waals surface area contributed by atoms with Crippen LogP contribution in [0.5, 0.6) is 0 Å². The van der Waals surface area contributed by atoms with Crippen LogP contribution in [0.4, 0.5) is 8.78 Å². The highest BCUT2D eigenvalue weighted by Gasteiger charge is 2.41. The Morgan fingerprint density at radius 1 is 1.27 bits per heavy atom. The third-order valence-electron chi connectivity index (χ3n) is 3.49. The van der Waals surface area contributed by atoms with Gasteiger partial charge in [-0.25, -0.2) is 8.78 Å². The van der Waals surface area contributed by atoms with Gasteiger partial charge in [-0.15, -0.1) is 0 Å². The first kappa shape index (κ1) is 11.3. The molecule has 0 amide bonds. The van der Waals surface area contributed by atoms with Crippen molar-refractivity contribution in [2.24, 2.45) is 5.92 Å². The second-order valence-electron chi connectivity index (χ2n) is 4.67. The van der Waals surface area contributed by atoms with E-state index >= 15 is 0 Å². The summed E-state index contributed by atoms with van der Waals surface area (Å²) in [4.78, 5) is 0. The van der Waals surface area contributed by atoms with Crippen LogP contribution >= 0.6 is 0 Å². The Bertz CT molecular complexity index is 205. The maximum absolute atomic E-state index is 13.5. The number of hydrogen-bond donors (Lipinski definition) is 1. The fraction of sp³-hybridized carbons (Fsp3) is 1.00. The number of halogens is 2. The van der Waals surface area contributed by atoms with Crippen LogP contribution < -0.4 is 5.32 Å². The van der Waals surface area contributed by atoms with Crippen LogP contribution in [-0.2, 0) is 4.74 Å². The second kappa shape index (κ2) is 4.74. The molecule has 2 aliphatic rings. The monoisotopic (exact) mass is 219 g/mol. The van der Waals surface area contributed by atoms with E-state index in [0.29, 0.717) is 32.0 Å². The van der Waals surface area contributed by atoms with Crippen molar-refractivity contribution < 1.29 is 13.5 Å². The molecule has 0 unspecified atom stereocenters. The van der Waals surface area contributed by atoms with E-state index in [2.05, 4.69) is 5.32 Å². The van der Waals surface area contributed by atoms with E-state index in [9.17, 15) is 8.78 Å². The Kier molecular flexibility index (Phi) is 3.57. The first-order valence-electron chi connectivity index (χ1n) is 5.87. The van der Waals surface area contributed by atoms with Crippen molar-refractivity contribution in [3.05, 3.63) is 0 Å². The predicted octanol–water partition coefficient (Wildman–Crippen LogP) is 2.19. The third kappa shape index (κ3) is 2.88. The molecule has 0 aromatic heterocycles. The van der Waals surface area contributed by atoms with E-state index in [1.165, 1.54) is 0 Å². The van der Waals surface area contributed by atoms with Gasteiger partial charge in [0, 0.05) is 31.5 Å².